The molecule has 0 spiro atoms. The summed E-state index contributed by atoms with van der Waals surface area (Å²) in [7, 11) is 2.63. The number of methoxy groups -OCH3 is 2. The molecular formula is C29H46N4O9. The van der Waals surface area contributed by atoms with Crippen molar-refractivity contribution in [3.8, 4) is 5.75 Å². The van der Waals surface area contributed by atoms with Crippen molar-refractivity contribution in [3.05, 3.63) is 29.8 Å². The first-order valence-corrected chi connectivity index (χ1v) is 14.4. The number of aryl methyl sites for hydroxylation is 1. The summed E-state index contributed by atoms with van der Waals surface area (Å²) in [4.78, 5) is 55.6. The molecule has 13 nitrogen and oxygen atoms in total. The second kappa shape index (κ2) is 19.0. The molecule has 0 aromatic heterocycles. The molecule has 0 amide bonds. The van der Waals surface area contributed by atoms with E-state index in [0.717, 1.165) is 11.3 Å². The molecule has 2 N–H and O–H groups in total. The Labute approximate surface area is 247 Å². The van der Waals surface area contributed by atoms with Crippen molar-refractivity contribution in [1.29, 1.82) is 0 Å². The summed E-state index contributed by atoms with van der Waals surface area (Å²) in [6.07, 6.45) is 1.76. The number of hydrogen-bond acceptors (Lipinski definition) is 11. The summed E-state index contributed by atoms with van der Waals surface area (Å²) in [6.45, 7) is 5.39. The van der Waals surface area contributed by atoms with Gasteiger partial charge in [0.1, 0.15) is 11.8 Å². The number of carbonyl (C=O) groups is 4. The molecular weight excluding hydrogens is 548 g/mol. The molecule has 1 aromatic rings. The first-order chi connectivity index (χ1) is 20.1. The highest BCUT2D eigenvalue weighted by molar-refractivity contribution is 5.73. The van der Waals surface area contributed by atoms with Crippen LogP contribution >= 0.6 is 0 Å². The number of benzene rings is 1. The van der Waals surface area contributed by atoms with Gasteiger partial charge in [-0.25, -0.2) is 0 Å². The third kappa shape index (κ3) is 13.1. The zero-order valence-corrected chi connectivity index (χ0v) is 25.0. The van der Waals surface area contributed by atoms with Gasteiger partial charge in [-0.15, -0.1) is 0 Å². The van der Waals surface area contributed by atoms with Crippen LogP contribution in [0.1, 0.15) is 25.3 Å². The number of esters is 2. The summed E-state index contributed by atoms with van der Waals surface area (Å²) in [5, 5.41) is 19.7. The Morgan fingerprint density at radius 1 is 0.762 bits per heavy atom. The van der Waals surface area contributed by atoms with Crippen molar-refractivity contribution in [1.82, 2.24) is 19.6 Å². The Morgan fingerprint density at radius 3 is 1.67 bits per heavy atom. The molecule has 1 aliphatic rings. The minimum absolute atomic E-state index is 0.0248. The fourth-order valence-corrected chi connectivity index (χ4v) is 4.90. The minimum atomic E-state index is -0.984. The standard InChI is InChI=1S/C29H46N4O9/c1-4-42-24-10-8-23(9-11-24)6-5-7-25(29(38)39)33-18-16-30(20-26(34)35)12-13-31(21-27(36)40-2)14-15-32(17-19-33)22-28(37)41-3/h8-11,25H,4-7,12-22H2,1-3H3,(H,34,35)(H,38,39). The molecule has 42 heavy (non-hydrogen) atoms. The maximum Gasteiger partial charge on any atom is 0.320 e. The summed E-state index contributed by atoms with van der Waals surface area (Å²) in [5.41, 5.74) is 1.09. The van der Waals surface area contributed by atoms with Crippen LogP contribution < -0.4 is 4.74 Å². The van der Waals surface area contributed by atoms with Gasteiger partial charge in [-0.1, -0.05) is 12.1 Å². The zero-order valence-electron chi connectivity index (χ0n) is 25.0. The molecule has 1 atom stereocenters. The lowest BCUT2D eigenvalue weighted by atomic mass is 10.0. The lowest BCUT2D eigenvalue weighted by molar-refractivity contribution is -0.145. The first kappa shape index (κ1) is 34.9. The maximum absolute atomic E-state index is 12.5. The van der Waals surface area contributed by atoms with Gasteiger partial charge in [0, 0.05) is 52.4 Å². The Morgan fingerprint density at radius 2 is 1.24 bits per heavy atom. The second-order valence-corrected chi connectivity index (χ2v) is 10.2. The van der Waals surface area contributed by atoms with E-state index in [2.05, 4.69) is 0 Å². The van der Waals surface area contributed by atoms with Crippen LogP contribution in [-0.4, -0.2) is 153 Å². The molecule has 0 radical (unpaired) electrons. The van der Waals surface area contributed by atoms with Gasteiger partial charge < -0.3 is 24.4 Å². The highest BCUT2D eigenvalue weighted by Gasteiger charge is 2.28. The number of ether oxygens (including phenoxy) is 3. The van der Waals surface area contributed by atoms with E-state index in [1.165, 1.54) is 14.2 Å². The SMILES string of the molecule is CCOc1ccc(CCCC(C(=O)O)N2CCN(CC(=O)O)CCN(CC(=O)OC)CCN(CC(=O)OC)CC2)cc1. The van der Waals surface area contributed by atoms with Crippen LogP contribution in [0.3, 0.4) is 0 Å². The van der Waals surface area contributed by atoms with Gasteiger partial charge in [0.2, 0.25) is 0 Å². The predicted octanol–water partition coefficient (Wildman–Crippen LogP) is 0.513. The maximum atomic E-state index is 12.5. The number of carboxylic acids is 2. The number of nitrogens with zero attached hydrogens (tertiary/aromatic N) is 4. The van der Waals surface area contributed by atoms with E-state index in [9.17, 15) is 29.4 Å². The fourth-order valence-electron chi connectivity index (χ4n) is 4.90. The molecule has 1 heterocycles. The zero-order chi connectivity index (χ0) is 30.9. The van der Waals surface area contributed by atoms with Gasteiger partial charge in [-0.05, 0) is 43.9 Å². The summed E-state index contributed by atoms with van der Waals surface area (Å²) >= 11 is 0. The minimum Gasteiger partial charge on any atom is -0.494 e. The highest BCUT2D eigenvalue weighted by atomic mass is 16.5. The molecule has 2 rings (SSSR count). The molecule has 0 aliphatic carbocycles. The predicted molar refractivity (Wildman–Crippen MR) is 155 cm³/mol. The van der Waals surface area contributed by atoms with Crippen LogP contribution in [0.5, 0.6) is 5.75 Å². The van der Waals surface area contributed by atoms with Gasteiger partial charge >= 0.3 is 23.9 Å². The van der Waals surface area contributed by atoms with Crippen LogP contribution in [0.2, 0.25) is 0 Å². The third-order valence-corrected chi connectivity index (χ3v) is 7.29. The number of carboxylic acid groups (broad SMARTS) is 2. The van der Waals surface area contributed by atoms with Crippen LogP contribution in [0.15, 0.2) is 24.3 Å². The van der Waals surface area contributed by atoms with E-state index in [0.29, 0.717) is 78.2 Å². The van der Waals surface area contributed by atoms with Gasteiger partial charge in [-0.2, -0.15) is 0 Å². The van der Waals surface area contributed by atoms with Crippen molar-refractivity contribution in [2.75, 3.05) is 92.8 Å². The molecule has 0 bridgehead atoms. The molecule has 1 fully saturated rings. The Bertz CT molecular complexity index is 992. The lowest BCUT2D eigenvalue weighted by Gasteiger charge is -2.35. The summed E-state index contributed by atoms with van der Waals surface area (Å²) < 4.78 is 15.2. The van der Waals surface area contributed by atoms with E-state index in [1.54, 1.807) is 4.90 Å². The van der Waals surface area contributed by atoms with Crippen molar-refractivity contribution in [2.45, 2.75) is 32.2 Å². The van der Waals surface area contributed by atoms with Crippen LogP contribution in [0.4, 0.5) is 0 Å². The molecule has 1 aliphatic heterocycles. The lowest BCUT2D eigenvalue weighted by Crippen LogP contribution is -2.51. The molecule has 0 saturated carbocycles. The van der Waals surface area contributed by atoms with E-state index in [4.69, 9.17) is 14.2 Å². The number of hydrogen-bond donors (Lipinski definition) is 2. The van der Waals surface area contributed by atoms with Crippen LogP contribution in [-0.2, 0) is 35.1 Å². The van der Waals surface area contributed by atoms with Crippen LogP contribution in [0, 0.1) is 0 Å². The largest absolute Gasteiger partial charge is 0.494 e. The average Bonchev–Trinajstić information content (AvgIpc) is 2.96. The third-order valence-electron chi connectivity index (χ3n) is 7.29. The molecule has 236 valence electrons. The topological polar surface area (TPSA) is 149 Å². The van der Waals surface area contributed by atoms with Gasteiger partial charge in [0.25, 0.3) is 0 Å². The molecule has 1 unspecified atom stereocenters. The molecule has 1 saturated heterocycles. The highest BCUT2D eigenvalue weighted by Crippen LogP contribution is 2.16. The molecule has 13 heteroatoms. The monoisotopic (exact) mass is 594 g/mol. The van der Waals surface area contributed by atoms with E-state index in [-0.39, 0.29) is 19.6 Å². The van der Waals surface area contributed by atoms with Crippen molar-refractivity contribution in [2.24, 2.45) is 0 Å². The Kier molecular flexibility index (Phi) is 15.8. The first-order valence-electron chi connectivity index (χ1n) is 14.4. The van der Waals surface area contributed by atoms with Crippen molar-refractivity contribution < 1.29 is 43.6 Å². The van der Waals surface area contributed by atoms with Gasteiger partial charge in [0.15, 0.2) is 0 Å². The quantitative estimate of drug-likeness (QED) is 0.288. The van der Waals surface area contributed by atoms with Gasteiger partial charge in [0.05, 0.1) is 40.5 Å². The Hall–Kier alpha value is -3.26. The Balaban J connectivity index is 2.19. The van der Waals surface area contributed by atoms with Gasteiger partial charge in [-0.3, -0.25) is 38.8 Å². The van der Waals surface area contributed by atoms with Crippen molar-refractivity contribution in [3.63, 3.8) is 0 Å². The average molecular weight is 595 g/mol. The number of aliphatic carboxylic acids is 2. The normalized spacial score (nSPS) is 17.4. The van der Waals surface area contributed by atoms with E-state index >= 15 is 0 Å². The summed E-state index contributed by atoms with van der Waals surface area (Å²) in [5.74, 6) is -1.96. The smallest absolute Gasteiger partial charge is 0.320 e. The van der Waals surface area contributed by atoms with E-state index in [1.807, 2.05) is 45.9 Å². The second-order valence-electron chi connectivity index (χ2n) is 10.2. The van der Waals surface area contributed by atoms with E-state index < -0.39 is 29.9 Å². The molecule has 1 aromatic carbocycles. The fraction of sp³-hybridized carbons (Fsp3) is 0.655. The van der Waals surface area contributed by atoms with Crippen LogP contribution in [0.25, 0.3) is 0 Å². The number of carbonyl (C=O) groups excluding carboxylic acids is 2. The van der Waals surface area contributed by atoms with Crippen molar-refractivity contribution >= 4 is 23.9 Å². The number of rotatable bonds is 14. The summed E-state index contributed by atoms with van der Waals surface area (Å²) in [6, 6.07) is 6.99.